The van der Waals surface area contributed by atoms with Gasteiger partial charge in [0.25, 0.3) is 0 Å². The van der Waals surface area contributed by atoms with Crippen molar-refractivity contribution in [3.63, 3.8) is 0 Å². The number of piperazine rings is 1. The van der Waals surface area contributed by atoms with Crippen LogP contribution in [-0.4, -0.2) is 71.4 Å². The van der Waals surface area contributed by atoms with Gasteiger partial charge in [-0.15, -0.1) is 0 Å². The first-order valence-electron chi connectivity index (χ1n) is 10.3. The summed E-state index contributed by atoms with van der Waals surface area (Å²) in [4.78, 5) is 24.1. The predicted octanol–water partition coefficient (Wildman–Crippen LogP) is 2.76. The molecule has 1 amide bonds. The Morgan fingerprint density at radius 3 is 2.33 bits per heavy atom. The van der Waals surface area contributed by atoms with Gasteiger partial charge in [0, 0.05) is 57.4 Å². The lowest BCUT2D eigenvalue weighted by Gasteiger charge is -2.35. The summed E-state index contributed by atoms with van der Waals surface area (Å²) in [7, 11) is 0. The third-order valence-electron chi connectivity index (χ3n) is 5.89. The van der Waals surface area contributed by atoms with Gasteiger partial charge in [0.1, 0.15) is 0 Å². The number of benzene rings is 1. The summed E-state index contributed by atoms with van der Waals surface area (Å²) >= 11 is 0. The molecule has 0 radical (unpaired) electrons. The highest BCUT2D eigenvalue weighted by Gasteiger charge is 2.22. The zero-order valence-electron chi connectivity index (χ0n) is 16.1. The van der Waals surface area contributed by atoms with E-state index in [9.17, 15) is 4.79 Å². The minimum atomic E-state index is 0.323. The Kier molecular flexibility index (Phi) is 6.00. The normalized spacial score (nSPS) is 19.9. The van der Waals surface area contributed by atoms with Gasteiger partial charge in [0.2, 0.25) is 5.91 Å². The first-order chi connectivity index (χ1) is 13.3. The van der Waals surface area contributed by atoms with Crippen LogP contribution in [0.1, 0.15) is 31.2 Å². The molecule has 0 saturated carbocycles. The predicted molar refractivity (Wildman–Crippen MR) is 109 cm³/mol. The molecule has 0 N–H and O–H groups in total. The molecule has 0 bridgehead atoms. The Bertz CT molecular complexity index is 757. The van der Waals surface area contributed by atoms with Crippen molar-refractivity contribution in [1.82, 2.24) is 19.7 Å². The fourth-order valence-electron chi connectivity index (χ4n) is 4.25. The molecule has 5 heteroatoms. The molecule has 0 atom stereocenters. The van der Waals surface area contributed by atoms with Gasteiger partial charge in [-0.05, 0) is 24.5 Å². The van der Waals surface area contributed by atoms with Gasteiger partial charge in [-0.1, -0.05) is 37.1 Å². The average Bonchev–Trinajstić information content (AvgIpc) is 2.99. The number of nitrogens with zero attached hydrogens (tertiary/aromatic N) is 4. The summed E-state index contributed by atoms with van der Waals surface area (Å²) in [5, 5.41) is 1.21. The number of rotatable bonds is 4. The summed E-state index contributed by atoms with van der Waals surface area (Å²) in [6.07, 6.45) is 6.74. The second-order valence-corrected chi connectivity index (χ2v) is 7.84. The van der Waals surface area contributed by atoms with Crippen molar-refractivity contribution < 1.29 is 4.79 Å². The van der Waals surface area contributed by atoms with Crippen LogP contribution in [0.2, 0.25) is 0 Å². The van der Waals surface area contributed by atoms with Crippen LogP contribution in [0.25, 0.3) is 10.9 Å². The lowest BCUT2D eigenvalue weighted by molar-refractivity contribution is -0.132. The van der Waals surface area contributed by atoms with E-state index < -0.39 is 0 Å². The number of pyridine rings is 1. The van der Waals surface area contributed by atoms with Crippen LogP contribution in [0, 0.1) is 0 Å². The summed E-state index contributed by atoms with van der Waals surface area (Å²) < 4.78 is 0. The molecule has 0 spiro atoms. The molecule has 144 valence electrons. The van der Waals surface area contributed by atoms with Crippen molar-refractivity contribution in [1.29, 1.82) is 0 Å². The molecule has 4 rings (SSSR count). The van der Waals surface area contributed by atoms with Crippen molar-refractivity contribution in [2.24, 2.45) is 0 Å². The zero-order chi connectivity index (χ0) is 18.5. The third kappa shape index (κ3) is 4.66. The molecule has 2 fully saturated rings. The highest BCUT2D eigenvalue weighted by Crippen LogP contribution is 2.18. The zero-order valence-corrected chi connectivity index (χ0v) is 16.1. The molecule has 2 saturated heterocycles. The second kappa shape index (κ2) is 8.81. The molecule has 1 aromatic carbocycles. The molecule has 1 aromatic heterocycles. The number of hydrogen-bond acceptors (Lipinski definition) is 4. The first-order valence-corrected chi connectivity index (χ1v) is 10.3. The minimum Gasteiger partial charge on any atom is -0.342 e. The number of aromatic nitrogens is 1. The van der Waals surface area contributed by atoms with Crippen LogP contribution in [0.3, 0.4) is 0 Å². The number of likely N-dealkylation sites (tertiary alicyclic amines) is 1. The van der Waals surface area contributed by atoms with Gasteiger partial charge in [0.15, 0.2) is 0 Å². The number of para-hydroxylation sites is 1. The fraction of sp³-hybridized carbons (Fsp3) is 0.545. The van der Waals surface area contributed by atoms with Crippen LogP contribution in [0.5, 0.6) is 0 Å². The monoisotopic (exact) mass is 366 g/mol. The van der Waals surface area contributed by atoms with E-state index in [1.54, 1.807) is 0 Å². The van der Waals surface area contributed by atoms with Gasteiger partial charge in [0.05, 0.1) is 12.1 Å². The smallest absolute Gasteiger partial charge is 0.236 e. The molecule has 2 aliphatic rings. The maximum atomic E-state index is 12.6. The topological polar surface area (TPSA) is 39.7 Å². The summed E-state index contributed by atoms with van der Waals surface area (Å²) in [5.74, 6) is 0.323. The van der Waals surface area contributed by atoms with Crippen LogP contribution >= 0.6 is 0 Å². The van der Waals surface area contributed by atoms with Gasteiger partial charge in [-0.3, -0.25) is 19.6 Å². The van der Waals surface area contributed by atoms with Crippen molar-refractivity contribution in [2.75, 3.05) is 45.8 Å². The van der Waals surface area contributed by atoms with Crippen LogP contribution < -0.4 is 0 Å². The van der Waals surface area contributed by atoms with E-state index in [1.165, 1.54) is 36.6 Å². The molecule has 0 unspecified atom stereocenters. The number of hydrogen-bond donors (Lipinski definition) is 0. The third-order valence-corrected chi connectivity index (χ3v) is 5.89. The van der Waals surface area contributed by atoms with Gasteiger partial charge in [-0.2, -0.15) is 0 Å². The van der Waals surface area contributed by atoms with Gasteiger partial charge >= 0.3 is 0 Å². The van der Waals surface area contributed by atoms with E-state index in [0.29, 0.717) is 12.5 Å². The Morgan fingerprint density at radius 2 is 1.56 bits per heavy atom. The van der Waals surface area contributed by atoms with Crippen molar-refractivity contribution in [3.8, 4) is 0 Å². The Hall–Kier alpha value is -1.98. The standard InChI is InChI=1S/C22H30N4O/c27-21(26-11-3-1-2-4-12-26)18-25-15-13-24(14-16-25)17-20-8-5-7-19-9-6-10-23-22(19)20/h5-10H,1-4,11-18H2. The molecule has 3 heterocycles. The van der Waals surface area contributed by atoms with Crippen molar-refractivity contribution in [3.05, 3.63) is 42.1 Å². The number of carbonyl (C=O) groups excluding carboxylic acids is 1. The molecular weight excluding hydrogens is 336 g/mol. The van der Waals surface area contributed by atoms with E-state index in [1.807, 2.05) is 12.3 Å². The minimum absolute atomic E-state index is 0.323. The van der Waals surface area contributed by atoms with Crippen molar-refractivity contribution >= 4 is 16.8 Å². The van der Waals surface area contributed by atoms with Crippen LogP contribution in [-0.2, 0) is 11.3 Å². The quantitative estimate of drug-likeness (QED) is 0.834. The maximum absolute atomic E-state index is 12.6. The molecular formula is C22H30N4O. The Labute approximate surface area is 162 Å². The number of carbonyl (C=O) groups is 1. The van der Waals surface area contributed by atoms with Crippen LogP contribution in [0.15, 0.2) is 36.5 Å². The Balaban J connectivity index is 1.29. The largest absolute Gasteiger partial charge is 0.342 e. The van der Waals surface area contributed by atoms with E-state index in [4.69, 9.17) is 0 Å². The summed E-state index contributed by atoms with van der Waals surface area (Å²) in [6, 6.07) is 10.5. The lowest BCUT2D eigenvalue weighted by atomic mass is 10.1. The van der Waals surface area contributed by atoms with Gasteiger partial charge < -0.3 is 4.90 Å². The highest BCUT2D eigenvalue weighted by atomic mass is 16.2. The lowest BCUT2D eigenvalue weighted by Crippen LogP contribution is -2.49. The van der Waals surface area contributed by atoms with Crippen LogP contribution in [0.4, 0.5) is 0 Å². The molecule has 2 aromatic rings. The average molecular weight is 367 g/mol. The van der Waals surface area contributed by atoms with E-state index in [-0.39, 0.29) is 0 Å². The molecule has 27 heavy (non-hydrogen) atoms. The molecule has 0 aliphatic carbocycles. The van der Waals surface area contributed by atoms with E-state index in [2.05, 4.69) is 43.9 Å². The highest BCUT2D eigenvalue weighted by molar-refractivity contribution is 5.81. The first kappa shape index (κ1) is 18.4. The Morgan fingerprint density at radius 1 is 0.852 bits per heavy atom. The molecule has 2 aliphatic heterocycles. The van der Waals surface area contributed by atoms with E-state index >= 15 is 0 Å². The number of amides is 1. The van der Waals surface area contributed by atoms with Gasteiger partial charge in [-0.25, -0.2) is 0 Å². The van der Waals surface area contributed by atoms with E-state index in [0.717, 1.165) is 51.3 Å². The van der Waals surface area contributed by atoms with Crippen molar-refractivity contribution in [2.45, 2.75) is 32.2 Å². The number of fused-ring (bicyclic) bond motifs is 1. The summed E-state index contributed by atoms with van der Waals surface area (Å²) in [6.45, 7) is 7.38. The second-order valence-electron chi connectivity index (χ2n) is 7.84. The summed E-state index contributed by atoms with van der Waals surface area (Å²) in [5.41, 5.74) is 2.40. The molecule has 5 nitrogen and oxygen atoms in total. The maximum Gasteiger partial charge on any atom is 0.236 e. The fourth-order valence-corrected chi connectivity index (χ4v) is 4.25. The SMILES string of the molecule is O=C(CN1CCN(Cc2cccc3cccnc23)CC1)N1CCCCCC1.